The second-order valence-electron chi connectivity index (χ2n) is 3.88. The Morgan fingerprint density at radius 2 is 2.24 bits per heavy atom. The van der Waals surface area contributed by atoms with E-state index < -0.39 is 0 Å². The SMILES string of the molecule is Cc1nc(Cc2noc(CCCCN)n2)cs1. The first-order chi connectivity index (χ1) is 8.28. The Morgan fingerprint density at radius 1 is 1.35 bits per heavy atom. The number of hydrogen-bond donors (Lipinski definition) is 1. The average Bonchev–Trinajstić information content (AvgIpc) is 2.90. The highest BCUT2D eigenvalue weighted by molar-refractivity contribution is 7.09. The van der Waals surface area contributed by atoms with Crippen LogP contribution in [0, 0.1) is 6.92 Å². The summed E-state index contributed by atoms with van der Waals surface area (Å²) in [7, 11) is 0. The van der Waals surface area contributed by atoms with Crippen LogP contribution < -0.4 is 5.73 Å². The quantitative estimate of drug-likeness (QED) is 0.792. The lowest BCUT2D eigenvalue weighted by Gasteiger charge is -1.91. The topological polar surface area (TPSA) is 77.8 Å². The molecule has 0 spiro atoms. The standard InChI is InChI=1S/C11H16N4OS/c1-8-13-9(7-17-8)6-10-14-11(16-15-10)4-2-3-5-12/h7H,2-6,12H2,1H3. The number of hydrogen-bond acceptors (Lipinski definition) is 6. The first-order valence-corrected chi connectivity index (χ1v) is 6.58. The van der Waals surface area contributed by atoms with Gasteiger partial charge >= 0.3 is 0 Å². The van der Waals surface area contributed by atoms with Gasteiger partial charge in [0.2, 0.25) is 5.89 Å². The van der Waals surface area contributed by atoms with E-state index in [4.69, 9.17) is 10.3 Å². The first-order valence-electron chi connectivity index (χ1n) is 5.70. The molecular weight excluding hydrogens is 236 g/mol. The minimum atomic E-state index is 0.644. The molecule has 0 aromatic carbocycles. The van der Waals surface area contributed by atoms with Crippen LogP contribution in [0.2, 0.25) is 0 Å². The maximum absolute atomic E-state index is 5.43. The summed E-state index contributed by atoms with van der Waals surface area (Å²) in [6.07, 6.45) is 3.43. The molecular formula is C11H16N4OS. The summed E-state index contributed by atoms with van der Waals surface area (Å²) in [5.74, 6) is 1.40. The fraction of sp³-hybridized carbons (Fsp3) is 0.545. The first kappa shape index (κ1) is 12.2. The smallest absolute Gasteiger partial charge is 0.226 e. The van der Waals surface area contributed by atoms with Gasteiger partial charge < -0.3 is 10.3 Å². The molecule has 0 radical (unpaired) electrons. The lowest BCUT2D eigenvalue weighted by Crippen LogP contribution is -1.99. The van der Waals surface area contributed by atoms with Crippen LogP contribution in [0.15, 0.2) is 9.90 Å². The van der Waals surface area contributed by atoms with E-state index in [9.17, 15) is 0 Å². The minimum Gasteiger partial charge on any atom is -0.339 e. The fourth-order valence-corrected chi connectivity index (χ4v) is 2.15. The zero-order valence-electron chi connectivity index (χ0n) is 9.85. The number of thiazole rings is 1. The van der Waals surface area contributed by atoms with Crippen LogP contribution >= 0.6 is 11.3 Å². The molecule has 0 amide bonds. The molecule has 2 aromatic rings. The molecule has 6 heteroatoms. The number of unbranched alkanes of at least 4 members (excludes halogenated alkanes) is 1. The van der Waals surface area contributed by atoms with Crippen LogP contribution in [0.1, 0.15) is 35.3 Å². The second-order valence-corrected chi connectivity index (χ2v) is 4.95. The highest BCUT2D eigenvalue weighted by Gasteiger charge is 2.08. The largest absolute Gasteiger partial charge is 0.339 e. The van der Waals surface area contributed by atoms with Crippen LogP contribution in [-0.4, -0.2) is 21.7 Å². The molecule has 2 heterocycles. The van der Waals surface area contributed by atoms with E-state index in [2.05, 4.69) is 15.1 Å². The van der Waals surface area contributed by atoms with Crippen LogP contribution in [-0.2, 0) is 12.8 Å². The lowest BCUT2D eigenvalue weighted by molar-refractivity contribution is 0.370. The van der Waals surface area contributed by atoms with Crippen molar-refractivity contribution in [2.45, 2.75) is 32.6 Å². The van der Waals surface area contributed by atoms with Gasteiger partial charge in [-0.3, -0.25) is 0 Å². The zero-order valence-corrected chi connectivity index (χ0v) is 10.7. The molecule has 2 aromatic heterocycles. The van der Waals surface area contributed by atoms with Crippen molar-refractivity contribution in [1.82, 2.24) is 15.1 Å². The third kappa shape index (κ3) is 3.61. The van der Waals surface area contributed by atoms with E-state index in [-0.39, 0.29) is 0 Å². The van der Waals surface area contributed by atoms with Gasteiger partial charge in [0.25, 0.3) is 0 Å². The average molecular weight is 252 g/mol. The molecule has 92 valence electrons. The number of aryl methyl sites for hydroxylation is 2. The number of nitrogens with zero attached hydrogens (tertiary/aromatic N) is 3. The predicted molar refractivity (Wildman–Crippen MR) is 65.9 cm³/mol. The molecule has 0 aliphatic heterocycles. The summed E-state index contributed by atoms with van der Waals surface area (Å²) in [6.45, 7) is 2.70. The van der Waals surface area contributed by atoms with Gasteiger partial charge in [-0.25, -0.2) is 4.98 Å². The van der Waals surface area contributed by atoms with Gasteiger partial charge in [-0.05, 0) is 26.3 Å². The highest BCUT2D eigenvalue weighted by Crippen LogP contribution is 2.12. The maximum atomic E-state index is 5.43. The molecule has 0 aliphatic carbocycles. The van der Waals surface area contributed by atoms with Crippen molar-refractivity contribution in [3.05, 3.63) is 27.8 Å². The van der Waals surface area contributed by atoms with E-state index in [0.29, 0.717) is 24.7 Å². The van der Waals surface area contributed by atoms with Crippen molar-refractivity contribution in [2.24, 2.45) is 5.73 Å². The summed E-state index contributed by atoms with van der Waals surface area (Å²) < 4.78 is 5.16. The number of nitrogens with two attached hydrogens (primary N) is 1. The molecule has 0 aliphatic rings. The van der Waals surface area contributed by atoms with Crippen molar-refractivity contribution in [3.8, 4) is 0 Å². The summed E-state index contributed by atoms with van der Waals surface area (Å²) >= 11 is 1.64. The Kier molecular flexibility index (Phi) is 4.22. The van der Waals surface area contributed by atoms with Crippen LogP contribution in [0.3, 0.4) is 0 Å². The molecule has 0 unspecified atom stereocenters. The van der Waals surface area contributed by atoms with Crippen molar-refractivity contribution < 1.29 is 4.52 Å². The maximum Gasteiger partial charge on any atom is 0.226 e. The van der Waals surface area contributed by atoms with Crippen molar-refractivity contribution >= 4 is 11.3 Å². The van der Waals surface area contributed by atoms with Gasteiger partial charge in [-0.2, -0.15) is 4.98 Å². The Labute approximate surface area is 104 Å². The Morgan fingerprint density at radius 3 is 2.94 bits per heavy atom. The molecule has 0 saturated heterocycles. The highest BCUT2D eigenvalue weighted by atomic mass is 32.1. The van der Waals surface area contributed by atoms with E-state index in [1.807, 2.05) is 12.3 Å². The van der Waals surface area contributed by atoms with Crippen molar-refractivity contribution in [2.75, 3.05) is 6.54 Å². The third-order valence-electron chi connectivity index (χ3n) is 2.36. The monoisotopic (exact) mass is 252 g/mol. The van der Waals surface area contributed by atoms with E-state index in [1.54, 1.807) is 11.3 Å². The van der Waals surface area contributed by atoms with Gasteiger partial charge in [0, 0.05) is 11.8 Å². The number of aromatic nitrogens is 3. The Bertz CT molecular complexity index is 465. The van der Waals surface area contributed by atoms with E-state index >= 15 is 0 Å². The summed E-state index contributed by atoms with van der Waals surface area (Å²) in [6, 6.07) is 0. The van der Waals surface area contributed by atoms with Gasteiger partial charge in [0.1, 0.15) is 0 Å². The van der Waals surface area contributed by atoms with Crippen molar-refractivity contribution in [3.63, 3.8) is 0 Å². The molecule has 0 saturated carbocycles. The van der Waals surface area contributed by atoms with Crippen molar-refractivity contribution in [1.29, 1.82) is 0 Å². The lowest BCUT2D eigenvalue weighted by atomic mass is 10.2. The van der Waals surface area contributed by atoms with Crippen LogP contribution in [0.5, 0.6) is 0 Å². The van der Waals surface area contributed by atoms with Crippen LogP contribution in [0.4, 0.5) is 0 Å². The van der Waals surface area contributed by atoms with Gasteiger partial charge in [-0.15, -0.1) is 11.3 Å². The minimum absolute atomic E-state index is 0.644. The molecule has 0 bridgehead atoms. The van der Waals surface area contributed by atoms with E-state index in [1.165, 1.54) is 0 Å². The fourth-order valence-electron chi connectivity index (χ4n) is 1.54. The molecule has 17 heavy (non-hydrogen) atoms. The zero-order chi connectivity index (χ0) is 12.1. The second kappa shape index (κ2) is 5.88. The number of rotatable bonds is 6. The molecule has 0 fully saturated rings. The molecule has 2 rings (SSSR count). The Hall–Kier alpha value is -1.27. The van der Waals surface area contributed by atoms with E-state index in [0.717, 1.165) is 30.0 Å². The third-order valence-corrected chi connectivity index (χ3v) is 3.18. The normalized spacial score (nSPS) is 10.9. The molecule has 0 atom stereocenters. The predicted octanol–water partition coefficient (Wildman–Crippen LogP) is 1.71. The summed E-state index contributed by atoms with van der Waals surface area (Å²) in [5, 5.41) is 7.04. The Balaban J connectivity index is 1.89. The molecule has 2 N–H and O–H groups in total. The molecule has 5 nitrogen and oxygen atoms in total. The van der Waals surface area contributed by atoms with Gasteiger partial charge in [-0.1, -0.05) is 5.16 Å². The van der Waals surface area contributed by atoms with Crippen LogP contribution in [0.25, 0.3) is 0 Å². The van der Waals surface area contributed by atoms with Gasteiger partial charge in [0.15, 0.2) is 5.82 Å². The summed E-state index contributed by atoms with van der Waals surface area (Å²) in [5.41, 5.74) is 6.43. The summed E-state index contributed by atoms with van der Waals surface area (Å²) in [4.78, 5) is 8.70. The van der Waals surface area contributed by atoms with Gasteiger partial charge in [0.05, 0.1) is 17.1 Å².